The third kappa shape index (κ3) is 1.93. The summed E-state index contributed by atoms with van der Waals surface area (Å²) < 4.78 is 0. The van der Waals surface area contributed by atoms with Gasteiger partial charge >= 0.3 is 0 Å². The van der Waals surface area contributed by atoms with Gasteiger partial charge in [0.2, 0.25) is 0 Å². The lowest BCUT2D eigenvalue weighted by molar-refractivity contribution is 0.420. The van der Waals surface area contributed by atoms with Gasteiger partial charge in [0.05, 0.1) is 0 Å². The molecule has 1 nitrogen and oxygen atoms in total. The van der Waals surface area contributed by atoms with E-state index >= 15 is 0 Å². The SMILES string of the molecule is Nc1ccc(-c2ccccc2C2CCC2)cc1. The van der Waals surface area contributed by atoms with Gasteiger partial charge in [-0.2, -0.15) is 0 Å². The fraction of sp³-hybridized carbons (Fsp3) is 0.250. The van der Waals surface area contributed by atoms with E-state index < -0.39 is 0 Å². The number of nitrogen functional groups attached to an aromatic ring is 1. The molecule has 86 valence electrons. The number of anilines is 1. The van der Waals surface area contributed by atoms with Crippen molar-refractivity contribution in [2.45, 2.75) is 25.2 Å². The fourth-order valence-corrected chi connectivity index (χ4v) is 2.50. The predicted octanol–water partition coefficient (Wildman–Crippen LogP) is 4.20. The summed E-state index contributed by atoms with van der Waals surface area (Å²) in [7, 11) is 0. The van der Waals surface area contributed by atoms with Crippen molar-refractivity contribution in [2.75, 3.05) is 5.73 Å². The van der Waals surface area contributed by atoms with E-state index in [2.05, 4.69) is 36.4 Å². The summed E-state index contributed by atoms with van der Waals surface area (Å²) in [6, 6.07) is 17.0. The highest BCUT2D eigenvalue weighted by Crippen LogP contribution is 2.40. The molecular formula is C16H17N. The molecule has 1 aliphatic rings. The van der Waals surface area contributed by atoms with Crippen molar-refractivity contribution in [3.05, 3.63) is 54.1 Å². The second-order valence-corrected chi connectivity index (χ2v) is 4.84. The third-order valence-electron chi connectivity index (χ3n) is 3.73. The summed E-state index contributed by atoms with van der Waals surface area (Å²) in [5.74, 6) is 0.767. The second-order valence-electron chi connectivity index (χ2n) is 4.84. The molecule has 0 unspecified atom stereocenters. The normalized spacial score (nSPS) is 15.5. The van der Waals surface area contributed by atoms with Crippen molar-refractivity contribution in [1.82, 2.24) is 0 Å². The van der Waals surface area contributed by atoms with Crippen molar-refractivity contribution in [1.29, 1.82) is 0 Å². The van der Waals surface area contributed by atoms with Gasteiger partial charge in [0.15, 0.2) is 0 Å². The van der Waals surface area contributed by atoms with Crippen molar-refractivity contribution in [2.24, 2.45) is 0 Å². The molecule has 1 heteroatoms. The first-order chi connectivity index (χ1) is 8.34. The minimum Gasteiger partial charge on any atom is -0.399 e. The highest BCUT2D eigenvalue weighted by atomic mass is 14.5. The van der Waals surface area contributed by atoms with Crippen molar-refractivity contribution >= 4 is 5.69 Å². The maximum absolute atomic E-state index is 5.74. The molecule has 0 aliphatic heterocycles. The lowest BCUT2D eigenvalue weighted by atomic mass is 9.77. The van der Waals surface area contributed by atoms with Gasteiger partial charge in [-0.05, 0) is 47.6 Å². The van der Waals surface area contributed by atoms with Crippen LogP contribution in [0.15, 0.2) is 48.5 Å². The molecule has 0 heterocycles. The molecule has 1 fully saturated rings. The zero-order chi connectivity index (χ0) is 11.7. The van der Waals surface area contributed by atoms with Crippen LogP contribution in [0.25, 0.3) is 11.1 Å². The van der Waals surface area contributed by atoms with Gasteiger partial charge < -0.3 is 5.73 Å². The Kier molecular flexibility index (Phi) is 2.60. The van der Waals surface area contributed by atoms with Crippen LogP contribution in [0.2, 0.25) is 0 Å². The first-order valence-electron chi connectivity index (χ1n) is 6.29. The Morgan fingerprint density at radius 3 is 2.24 bits per heavy atom. The van der Waals surface area contributed by atoms with Gasteiger partial charge in [0.1, 0.15) is 0 Å². The molecule has 0 aromatic heterocycles. The minimum atomic E-state index is 0.767. The Labute approximate surface area is 102 Å². The molecule has 2 N–H and O–H groups in total. The molecule has 0 bridgehead atoms. The van der Waals surface area contributed by atoms with Crippen LogP contribution < -0.4 is 5.73 Å². The Morgan fingerprint density at radius 1 is 0.882 bits per heavy atom. The van der Waals surface area contributed by atoms with Gasteiger partial charge in [-0.1, -0.05) is 42.8 Å². The summed E-state index contributed by atoms with van der Waals surface area (Å²) in [5, 5.41) is 0. The van der Waals surface area contributed by atoms with E-state index in [-0.39, 0.29) is 0 Å². The van der Waals surface area contributed by atoms with Crippen molar-refractivity contribution in [3.63, 3.8) is 0 Å². The molecule has 17 heavy (non-hydrogen) atoms. The molecule has 2 aromatic carbocycles. The van der Waals surface area contributed by atoms with Gasteiger partial charge in [0, 0.05) is 5.69 Å². The minimum absolute atomic E-state index is 0.767. The van der Waals surface area contributed by atoms with Gasteiger partial charge in [-0.25, -0.2) is 0 Å². The highest BCUT2D eigenvalue weighted by Gasteiger charge is 2.21. The zero-order valence-electron chi connectivity index (χ0n) is 9.89. The van der Waals surface area contributed by atoms with Gasteiger partial charge in [0.25, 0.3) is 0 Å². The second kappa shape index (κ2) is 4.25. The van der Waals surface area contributed by atoms with E-state index in [1.807, 2.05) is 12.1 Å². The summed E-state index contributed by atoms with van der Waals surface area (Å²) in [4.78, 5) is 0. The van der Waals surface area contributed by atoms with Crippen LogP contribution in [0.5, 0.6) is 0 Å². The molecule has 1 saturated carbocycles. The Morgan fingerprint density at radius 2 is 1.59 bits per heavy atom. The molecule has 0 atom stereocenters. The summed E-state index contributed by atoms with van der Waals surface area (Å²) in [5.41, 5.74) is 10.7. The smallest absolute Gasteiger partial charge is 0.0314 e. The summed E-state index contributed by atoms with van der Waals surface area (Å²) in [6.07, 6.45) is 4.05. The van der Waals surface area contributed by atoms with Crippen LogP contribution >= 0.6 is 0 Å². The van der Waals surface area contributed by atoms with E-state index in [9.17, 15) is 0 Å². The topological polar surface area (TPSA) is 26.0 Å². The van der Waals surface area contributed by atoms with E-state index in [0.717, 1.165) is 11.6 Å². The fourth-order valence-electron chi connectivity index (χ4n) is 2.50. The lowest BCUT2D eigenvalue weighted by Crippen LogP contribution is -2.09. The van der Waals surface area contributed by atoms with E-state index in [1.165, 1.54) is 36.0 Å². The first-order valence-corrected chi connectivity index (χ1v) is 6.29. The highest BCUT2D eigenvalue weighted by molar-refractivity contribution is 5.69. The first kappa shape index (κ1) is 10.4. The van der Waals surface area contributed by atoms with E-state index in [1.54, 1.807) is 0 Å². The Balaban J connectivity index is 2.04. The quantitative estimate of drug-likeness (QED) is 0.758. The van der Waals surface area contributed by atoms with Crippen LogP contribution in [-0.4, -0.2) is 0 Å². The standard InChI is InChI=1S/C16H17N/c17-14-10-8-13(9-11-14)16-7-2-1-6-15(16)12-4-3-5-12/h1-2,6-12H,3-5,17H2. The summed E-state index contributed by atoms with van der Waals surface area (Å²) in [6.45, 7) is 0. The molecular weight excluding hydrogens is 206 g/mol. The molecule has 2 aromatic rings. The zero-order valence-corrected chi connectivity index (χ0v) is 9.89. The lowest BCUT2D eigenvalue weighted by Gasteiger charge is -2.28. The molecule has 1 aliphatic carbocycles. The monoisotopic (exact) mass is 223 g/mol. The molecule has 0 amide bonds. The third-order valence-corrected chi connectivity index (χ3v) is 3.73. The van der Waals surface area contributed by atoms with Crippen LogP contribution in [0.4, 0.5) is 5.69 Å². The number of rotatable bonds is 2. The van der Waals surface area contributed by atoms with Crippen molar-refractivity contribution in [3.8, 4) is 11.1 Å². The number of hydrogen-bond donors (Lipinski definition) is 1. The van der Waals surface area contributed by atoms with Crippen LogP contribution in [0, 0.1) is 0 Å². The van der Waals surface area contributed by atoms with E-state index in [0.29, 0.717) is 0 Å². The molecule has 3 rings (SSSR count). The average molecular weight is 223 g/mol. The number of nitrogens with two attached hydrogens (primary N) is 1. The predicted molar refractivity (Wildman–Crippen MR) is 72.9 cm³/mol. The van der Waals surface area contributed by atoms with E-state index in [4.69, 9.17) is 5.73 Å². The van der Waals surface area contributed by atoms with Gasteiger partial charge in [-0.3, -0.25) is 0 Å². The van der Waals surface area contributed by atoms with Crippen molar-refractivity contribution < 1.29 is 0 Å². The van der Waals surface area contributed by atoms with Crippen LogP contribution in [0.3, 0.4) is 0 Å². The Hall–Kier alpha value is -1.76. The number of benzene rings is 2. The molecule has 0 saturated heterocycles. The van der Waals surface area contributed by atoms with Gasteiger partial charge in [-0.15, -0.1) is 0 Å². The average Bonchev–Trinajstić information content (AvgIpc) is 2.29. The molecule has 0 radical (unpaired) electrons. The molecule has 0 spiro atoms. The Bertz CT molecular complexity index is 509. The maximum atomic E-state index is 5.74. The van der Waals surface area contributed by atoms with Crippen LogP contribution in [-0.2, 0) is 0 Å². The number of hydrogen-bond acceptors (Lipinski definition) is 1. The van der Waals surface area contributed by atoms with Crippen LogP contribution in [0.1, 0.15) is 30.7 Å². The maximum Gasteiger partial charge on any atom is 0.0314 e. The summed E-state index contributed by atoms with van der Waals surface area (Å²) >= 11 is 0. The largest absolute Gasteiger partial charge is 0.399 e.